The lowest BCUT2D eigenvalue weighted by Crippen LogP contribution is -2.36. The number of hydrogen-bond donors (Lipinski definition) is 1. The maximum atomic E-state index is 10.5. The Kier molecular flexibility index (Phi) is 7.94. The van der Waals surface area contributed by atoms with Crippen LogP contribution < -0.4 is 4.74 Å². The molecule has 1 atom stereocenters. The topological polar surface area (TPSA) is 32.7 Å². The number of ether oxygens (including phenoxy) is 1. The summed E-state index contributed by atoms with van der Waals surface area (Å²) in [6.45, 7) is 11.5. The fraction of sp³-hybridized carbons (Fsp3) is 0.524. The maximum absolute atomic E-state index is 10.5. The Morgan fingerprint density at radius 2 is 1.88 bits per heavy atom. The van der Waals surface area contributed by atoms with Crippen LogP contribution in [-0.4, -0.2) is 35.8 Å². The third-order valence-electron chi connectivity index (χ3n) is 4.19. The fourth-order valence-electron chi connectivity index (χ4n) is 2.72. The van der Waals surface area contributed by atoms with Gasteiger partial charge in [-0.05, 0) is 56.5 Å². The van der Waals surface area contributed by atoms with Gasteiger partial charge in [0.05, 0.1) is 0 Å². The van der Waals surface area contributed by atoms with Gasteiger partial charge in [-0.2, -0.15) is 0 Å². The minimum Gasteiger partial charge on any atom is -0.491 e. The summed E-state index contributed by atoms with van der Waals surface area (Å²) in [6.07, 6.45) is 0.642. The molecule has 2 aromatic rings. The van der Waals surface area contributed by atoms with E-state index < -0.39 is 6.10 Å². The predicted octanol–water partition coefficient (Wildman–Crippen LogP) is 4.65. The van der Waals surface area contributed by atoms with Crippen LogP contribution in [0.3, 0.4) is 0 Å². The van der Waals surface area contributed by atoms with Gasteiger partial charge in [-0.15, -0.1) is 11.3 Å². The summed E-state index contributed by atoms with van der Waals surface area (Å²) in [5, 5.41) is 10.5. The molecule has 0 bridgehead atoms. The number of aliphatic hydroxyl groups excluding tert-OH is 1. The lowest BCUT2D eigenvalue weighted by Gasteiger charge is -2.25. The highest BCUT2D eigenvalue weighted by molar-refractivity contribution is 7.11. The lowest BCUT2D eigenvalue weighted by atomic mass is 10.1. The fourth-order valence-corrected chi connectivity index (χ4v) is 3.65. The largest absolute Gasteiger partial charge is 0.491 e. The van der Waals surface area contributed by atoms with Gasteiger partial charge in [0, 0.05) is 22.8 Å². The summed E-state index contributed by atoms with van der Waals surface area (Å²) < 4.78 is 5.81. The number of thiophene rings is 1. The molecule has 0 unspecified atom stereocenters. The molecule has 138 valence electrons. The molecule has 0 saturated carbocycles. The first-order valence-electron chi connectivity index (χ1n) is 9.08. The van der Waals surface area contributed by atoms with Crippen molar-refractivity contribution in [3.05, 3.63) is 51.7 Å². The number of benzene rings is 1. The minimum absolute atomic E-state index is 0.326. The molecule has 1 aromatic carbocycles. The Labute approximate surface area is 156 Å². The second kappa shape index (κ2) is 9.95. The first kappa shape index (κ1) is 20.0. The van der Waals surface area contributed by atoms with Crippen LogP contribution in [0.25, 0.3) is 0 Å². The molecule has 1 heterocycles. The minimum atomic E-state index is -0.493. The Hall–Kier alpha value is -1.36. The zero-order valence-corrected chi connectivity index (χ0v) is 16.7. The highest BCUT2D eigenvalue weighted by Crippen LogP contribution is 2.19. The van der Waals surface area contributed by atoms with E-state index in [0.717, 1.165) is 30.8 Å². The summed E-state index contributed by atoms with van der Waals surface area (Å²) in [5.41, 5.74) is 1.10. The van der Waals surface area contributed by atoms with Crippen molar-refractivity contribution in [2.45, 2.75) is 46.8 Å². The molecule has 25 heavy (non-hydrogen) atoms. The van der Waals surface area contributed by atoms with E-state index >= 15 is 0 Å². The van der Waals surface area contributed by atoms with Crippen LogP contribution in [0.4, 0.5) is 0 Å². The Balaban J connectivity index is 1.88. The van der Waals surface area contributed by atoms with Crippen LogP contribution in [0, 0.1) is 19.8 Å². The predicted molar refractivity (Wildman–Crippen MR) is 106 cm³/mol. The van der Waals surface area contributed by atoms with E-state index in [2.05, 4.69) is 37.8 Å². The van der Waals surface area contributed by atoms with Crippen LogP contribution in [-0.2, 0) is 6.54 Å². The van der Waals surface area contributed by atoms with Crippen molar-refractivity contribution in [2.24, 2.45) is 5.92 Å². The molecule has 0 fully saturated rings. The van der Waals surface area contributed by atoms with Gasteiger partial charge in [0.1, 0.15) is 18.5 Å². The van der Waals surface area contributed by atoms with E-state index in [4.69, 9.17) is 4.74 Å². The molecule has 3 nitrogen and oxygen atoms in total. The number of rotatable bonds is 10. The monoisotopic (exact) mass is 361 g/mol. The van der Waals surface area contributed by atoms with Gasteiger partial charge in [0.2, 0.25) is 0 Å². The number of aryl methyl sites for hydroxylation is 2. The van der Waals surface area contributed by atoms with E-state index in [9.17, 15) is 5.11 Å². The van der Waals surface area contributed by atoms with E-state index in [1.807, 2.05) is 42.5 Å². The summed E-state index contributed by atoms with van der Waals surface area (Å²) in [6, 6.07) is 12.3. The van der Waals surface area contributed by atoms with Gasteiger partial charge >= 0.3 is 0 Å². The SMILES string of the molecule is Cc1ccc(CN(CCC(C)C)C[C@@H](O)COc2ccccc2C)s1. The summed E-state index contributed by atoms with van der Waals surface area (Å²) >= 11 is 1.84. The number of para-hydroxylation sites is 1. The molecular weight excluding hydrogens is 330 g/mol. The first-order valence-corrected chi connectivity index (χ1v) is 9.90. The molecule has 0 saturated heterocycles. The van der Waals surface area contributed by atoms with Crippen molar-refractivity contribution in [3.63, 3.8) is 0 Å². The Morgan fingerprint density at radius 1 is 1.12 bits per heavy atom. The summed E-state index contributed by atoms with van der Waals surface area (Å²) in [4.78, 5) is 5.03. The molecule has 0 aliphatic heterocycles. The van der Waals surface area contributed by atoms with Gasteiger partial charge in [0.15, 0.2) is 0 Å². The average Bonchev–Trinajstić information content (AvgIpc) is 2.97. The van der Waals surface area contributed by atoms with Crippen LogP contribution in [0.2, 0.25) is 0 Å². The van der Waals surface area contributed by atoms with Gasteiger partial charge in [-0.25, -0.2) is 0 Å². The van der Waals surface area contributed by atoms with Crippen molar-refractivity contribution in [2.75, 3.05) is 19.7 Å². The maximum Gasteiger partial charge on any atom is 0.122 e. The van der Waals surface area contributed by atoms with E-state index in [1.54, 1.807) is 0 Å². The zero-order valence-electron chi connectivity index (χ0n) is 15.9. The number of nitrogens with zero attached hydrogens (tertiary/aromatic N) is 1. The Bertz CT molecular complexity index is 638. The Morgan fingerprint density at radius 3 is 2.52 bits per heavy atom. The highest BCUT2D eigenvalue weighted by atomic mass is 32.1. The molecule has 0 spiro atoms. The summed E-state index contributed by atoms with van der Waals surface area (Å²) in [5.74, 6) is 1.51. The molecule has 1 N–H and O–H groups in total. The quantitative estimate of drug-likeness (QED) is 0.668. The third-order valence-corrected chi connectivity index (χ3v) is 5.18. The first-order chi connectivity index (χ1) is 11.9. The van der Waals surface area contributed by atoms with Gasteiger partial charge in [-0.1, -0.05) is 32.0 Å². The van der Waals surface area contributed by atoms with Crippen LogP contribution in [0.5, 0.6) is 5.75 Å². The molecule has 0 aliphatic carbocycles. The van der Waals surface area contributed by atoms with Gasteiger partial charge < -0.3 is 9.84 Å². The van der Waals surface area contributed by atoms with Crippen molar-refractivity contribution in [3.8, 4) is 5.75 Å². The van der Waals surface area contributed by atoms with Gasteiger partial charge in [0.25, 0.3) is 0 Å². The second-order valence-electron chi connectivity index (χ2n) is 7.16. The molecular formula is C21H31NO2S. The van der Waals surface area contributed by atoms with Crippen molar-refractivity contribution < 1.29 is 9.84 Å². The van der Waals surface area contributed by atoms with Crippen LogP contribution in [0.15, 0.2) is 36.4 Å². The van der Waals surface area contributed by atoms with Crippen molar-refractivity contribution in [1.82, 2.24) is 4.90 Å². The van der Waals surface area contributed by atoms with Crippen molar-refractivity contribution >= 4 is 11.3 Å². The number of hydrogen-bond acceptors (Lipinski definition) is 4. The van der Waals surface area contributed by atoms with Gasteiger partial charge in [-0.3, -0.25) is 4.90 Å². The molecule has 0 amide bonds. The van der Waals surface area contributed by atoms with Crippen molar-refractivity contribution in [1.29, 1.82) is 0 Å². The van der Waals surface area contributed by atoms with Crippen LogP contribution >= 0.6 is 11.3 Å². The standard InChI is InChI=1S/C21H31NO2S/c1-16(2)11-12-22(14-20-10-9-18(4)25-20)13-19(23)15-24-21-8-6-5-7-17(21)3/h5-10,16,19,23H,11-15H2,1-4H3/t19-/m1/s1. The summed E-state index contributed by atoms with van der Waals surface area (Å²) in [7, 11) is 0. The van der Waals surface area contributed by atoms with E-state index in [-0.39, 0.29) is 0 Å². The highest BCUT2D eigenvalue weighted by Gasteiger charge is 2.15. The molecule has 2 rings (SSSR count). The normalized spacial score (nSPS) is 12.8. The second-order valence-corrected chi connectivity index (χ2v) is 8.53. The van der Waals surface area contributed by atoms with E-state index in [0.29, 0.717) is 19.1 Å². The van der Waals surface area contributed by atoms with Crippen LogP contribution in [0.1, 0.15) is 35.6 Å². The average molecular weight is 362 g/mol. The molecule has 0 aliphatic rings. The smallest absolute Gasteiger partial charge is 0.122 e. The molecule has 0 radical (unpaired) electrons. The molecule has 1 aromatic heterocycles. The molecule has 4 heteroatoms. The zero-order chi connectivity index (χ0) is 18.2. The third kappa shape index (κ3) is 7.18. The number of aliphatic hydroxyl groups is 1. The lowest BCUT2D eigenvalue weighted by molar-refractivity contribution is 0.0640. The van der Waals surface area contributed by atoms with E-state index in [1.165, 1.54) is 9.75 Å².